The van der Waals surface area contributed by atoms with Gasteiger partial charge in [-0.05, 0) is 48.8 Å². The topological polar surface area (TPSA) is 56.6 Å². The Morgan fingerprint density at radius 3 is 1.75 bits per heavy atom. The SMILES string of the molecule is CN(C)C(C)(C)C(C)(C)N(C)CCNCCNCCN. The highest BCUT2D eigenvalue weighted by Crippen LogP contribution is 2.30. The van der Waals surface area contributed by atoms with E-state index in [4.69, 9.17) is 5.73 Å². The minimum atomic E-state index is 0.107. The molecule has 0 saturated carbocycles. The molecule has 0 spiro atoms. The Balaban J connectivity index is 4.04. The number of hydrogen-bond acceptors (Lipinski definition) is 5. The number of nitrogens with one attached hydrogen (secondary N) is 2. The Kier molecular flexibility index (Phi) is 8.86. The summed E-state index contributed by atoms with van der Waals surface area (Å²) in [4.78, 5) is 4.74. The van der Waals surface area contributed by atoms with Gasteiger partial charge in [0.2, 0.25) is 0 Å². The average molecular weight is 287 g/mol. The van der Waals surface area contributed by atoms with Gasteiger partial charge in [0.15, 0.2) is 0 Å². The molecule has 0 aromatic carbocycles. The zero-order chi connectivity index (χ0) is 15.8. The first-order valence-corrected chi connectivity index (χ1v) is 7.68. The van der Waals surface area contributed by atoms with Gasteiger partial charge in [-0.1, -0.05) is 0 Å². The summed E-state index contributed by atoms with van der Waals surface area (Å²) < 4.78 is 0. The van der Waals surface area contributed by atoms with Crippen molar-refractivity contribution in [1.82, 2.24) is 20.4 Å². The third-order valence-corrected chi connectivity index (χ3v) is 4.99. The first kappa shape index (κ1) is 19.8. The van der Waals surface area contributed by atoms with Crippen molar-refractivity contribution in [3.8, 4) is 0 Å². The second kappa shape index (κ2) is 8.95. The molecule has 0 rings (SSSR count). The lowest BCUT2D eigenvalue weighted by Crippen LogP contribution is -2.63. The summed E-state index contributed by atoms with van der Waals surface area (Å²) in [6.45, 7) is 14.9. The first-order valence-electron chi connectivity index (χ1n) is 7.68. The molecule has 0 bridgehead atoms. The highest BCUT2D eigenvalue weighted by atomic mass is 15.3. The standard InChI is InChI=1S/C15H37N5/c1-14(2,19(5)6)15(3,4)20(7)13-12-18-11-10-17-9-8-16/h17-18H,8-13,16H2,1-7H3. The van der Waals surface area contributed by atoms with E-state index in [2.05, 4.69) is 69.3 Å². The van der Waals surface area contributed by atoms with Gasteiger partial charge in [0.1, 0.15) is 0 Å². The number of nitrogens with two attached hydrogens (primary N) is 1. The van der Waals surface area contributed by atoms with Gasteiger partial charge in [-0.15, -0.1) is 0 Å². The summed E-state index contributed by atoms with van der Waals surface area (Å²) >= 11 is 0. The molecule has 0 aliphatic heterocycles. The summed E-state index contributed by atoms with van der Waals surface area (Å²) in [6, 6.07) is 0. The third-order valence-electron chi connectivity index (χ3n) is 4.99. The molecule has 0 atom stereocenters. The number of likely N-dealkylation sites (N-methyl/N-ethyl adjacent to an activating group) is 2. The van der Waals surface area contributed by atoms with Gasteiger partial charge in [0.05, 0.1) is 0 Å². The van der Waals surface area contributed by atoms with Crippen LogP contribution < -0.4 is 16.4 Å². The maximum Gasteiger partial charge on any atom is 0.0328 e. The van der Waals surface area contributed by atoms with Crippen LogP contribution in [0.1, 0.15) is 27.7 Å². The van der Waals surface area contributed by atoms with E-state index in [9.17, 15) is 0 Å². The first-order chi connectivity index (χ1) is 9.17. The lowest BCUT2D eigenvalue weighted by atomic mass is 9.80. The van der Waals surface area contributed by atoms with Crippen molar-refractivity contribution >= 4 is 0 Å². The maximum absolute atomic E-state index is 5.43. The molecule has 5 heteroatoms. The van der Waals surface area contributed by atoms with Gasteiger partial charge >= 0.3 is 0 Å². The van der Waals surface area contributed by atoms with Gasteiger partial charge < -0.3 is 21.3 Å². The summed E-state index contributed by atoms with van der Waals surface area (Å²) in [5.41, 5.74) is 5.65. The van der Waals surface area contributed by atoms with E-state index in [1.807, 2.05) is 0 Å². The van der Waals surface area contributed by atoms with Gasteiger partial charge in [0.25, 0.3) is 0 Å². The summed E-state index contributed by atoms with van der Waals surface area (Å²) in [6.07, 6.45) is 0. The van der Waals surface area contributed by atoms with Crippen molar-refractivity contribution in [2.24, 2.45) is 5.73 Å². The second-order valence-corrected chi connectivity index (χ2v) is 6.72. The number of nitrogens with zero attached hydrogens (tertiary/aromatic N) is 2. The van der Waals surface area contributed by atoms with Crippen LogP contribution in [0.2, 0.25) is 0 Å². The van der Waals surface area contributed by atoms with Crippen molar-refractivity contribution in [1.29, 1.82) is 0 Å². The van der Waals surface area contributed by atoms with Crippen LogP contribution in [0, 0.1) is 0 Å². The van der Waals surface area contributed by atoms with Gasteiger partial charge in [-0.25, -0.2) is 0 Å². The Hall–Kier alpha value is -0.200. The molecule has 0 aliphatic rings. The van der Waals surface area contributed by atoms with E-state index < -0.39 is 0 Å². The van der Waals surface area contributed by atoms with Gasteiger partial charge in [0, 0.05) is 50.3 Å². The zero-order valence-electron chi connectivity index (χ0n) is 14.7. The van der Waals surface area contributed by atoms with Crippen LogP contribution in [0.4, 0.5) is 0 Å². The normalized spacial score (nSPS) is 13.5. The zero-order valence-corrected chi connectivity index (χ0v) is 14.7. The summed E-state index contributed by atoms with van der Waals surface area (Å²) in [5.74, 6) is 0. The van der Waals surface area contributed by atoms with E-state index >= 15 is 0 Å². The largest absolute Gasteiger partial charge is 0.329 e. The van der Waals surface area contributed by atoms with E-state index in [-0.39, 0.29) is 11.1 Å². The van der Waals surface area contributed by atoms with Crippen molar-refractivity contribution in [2.45, 2.75) is 38.8 Å². The molecule has 5 nitrogen and oxygen atoms in total. The molecule has 20 heavy (non-hydrogen) atoms. The fourth-order valence-corrected chi connectivity index (χ4v) is 2.07. The van der Waals surface area contributed by atoms with Crippen molar-refractivity contribution < 1.29 is 0 Å². The third kappa shape index (κ3) is 5.66. The van der Waals surface area contributed by atoms with Gasteiger partial charge in [-0.3, -0.25) is 4.90 Å². The van der Waals surface area contributed by atoms with E-state index in [1.54, 1.807) is 0 Å². The Morgan fingerprint density at radius 1 is 0.800 bits per heavy atom. The molecule has 0 aromatic heterocycles. The Labute approximate surface area is 126 Å². The lowest BCUT2D eigenvalue weighted by molar-refractivity contribution is 0.00186. The molecule has 0 heterocycles. The van der Waals surface area contributed by atoms with Crippen LogP contribution in [0.15, 0.2) is 0 Å². The Morgan fingerprint density at radius 2 is 1.30 bits per heavy atom. The minimum absolute atomic E-state index is 0.107. The molecule has 0 aromatic rings. The predicted octanol–water partition coefficient (Wildman–Crippen LogP) is 0.175. The number of rotatable bonds is 11. The van der Waals surface area contributed by atoms with Crippen LogP contribution in [0.3, 0.4) is 0 Å². The van der Waals surface area contributed by atoms with Crippen LogP contribution in [0.5, 0.6) is 0 Å². The fraction of sp³-hybridized carbons (Fsp3) is 1.00. The lowest BCUT2D eigenvalue weighted by Gasteiger charge is -2.51. The van der Waals surface area contributed by atoms with Gasteiger partial charge in [-0.2, -0.15) is 0 Å². The van der Waals surface area contributed by atoms with Crippen molar-refractivity contribution in [3.05, 3.63) is 0 Å². The molecular formula is C15H37N5. The smallest absolute Gasteiger partial charge is 0.0328 e. The Bertz CT molecular complexity index is 251. The quantitative estimate of drug-likeness (QED) is 0.473. The van der Waals surface area contributed by atoms with Crippen molar-refractivity contribution in [2.75, 3.05) is 60.4 Å². The molecule has 4 N–H and O–H groups in total. The average Bonchev–Trinajstić information content (AvgIpc) is 2.36. The van der Waals surface area contributed by atoms with E-state index in [1.165, 1.54) is 0 Å². The fourth-order valence-electron chi connectivity index (χ4n) is 2.07. The van der Waals surface area contributed by atoms with Crippen LogP contribution in [-0.4, -0.2) is 81.3 Å². The van der Waals surface area contributed by atoms with Crippen LogP contribution in [-0.2, 0) is 0 Å². The summed E-state index contributed by atoms with van der Waals surface area (Å²) in [5, 5.41) is 6.75. The molecule has 0 amide bonds. The van der Waals surface area contributed by atoms with E-state index in [0.717, 1.165) is 32.7 Å². The molecular weight excluding hydrogens is 250 g/mol. The highest BCUT2D eigenvalue weighted by molar-refractivity contribution is 5.00. The molecule has 0 saturated heterocycles. The monoisotopic (exact) mass is 287 g/mol. The van der Waals surface area contributed by atoms with Crippen LogP contribution in [0.25, 0.3) is 0 Å². The molecule has 0 fully saturated rings. The molecule has 0 unspecified atom stereocenters. The highest BCUT2D eigenvalue weighted by Gasteiger charge is 2.41. The maximum atomic E-state index is 5.43. The summed E-state index contributed by atoms with van der Waals surface area (Å²) in [7, 11) is 6.51. The predicted molar refractivity (Wildman–Crippen MR) is 89.3 cm³/mol. The van der Waals surface area contributed by atoms with Crippen molar-refractivity contribution in [3.63, 3.8) is 0 Å². The second-order valence-electron chi connectivity index (χ2n) is 6.72. The molecule has 0 radical (unpaired) electrons. The molecule has 0 aliphatic carbocycles. The van der Waals surface area contributed by atoms with E-state index in [0.29, 0.717) is 6.54 Å². The number of hydrogen-bond donors (Lipinski definition) is 3. The minimum Gasteiger partial charge on any atom is -0.329 e. The van der Waals surface area contributed by atoms with Crippen LogP contribution >= 0.6 is 0 Å². The molecule has 122 valence electrons.